The Morgan fingerprint density at radius 2 is 1.71 bits per heavy atom. The van der Waals surface area contributed by atoms with Gasteiger partial charge < -0.3 is 4.74 Å². The van der Waals surface area contributed by atoms with E-state index in [1.807, 2.05) is 36.4 Å². The second-order valence-electron chi connectivity index (χ2n) is 6.23. The fourth-order valence-electron chi connectivity index (χ4n) is 2.49. The Kier molecular flexibility index (Phi) is 8.21. The van der Waals surface area contributed by atoms with Crippen molar-refractivity contribution in [1.82, 2.24) is 5.43 Å². The van der Waals surface area contributed by atoms with Crippen LogP contribution in [-0.4, -0.2) is 17.0 Å². The molecule has 1 N–H and O–H groups in total. The lowest BCUT2D eigenvalue weighted by Crippen LogP contribution is -2.17. The SMILES string of the molecule is O=C(NN=Cc1cc(I)c(OCc2ccc(Cl)cc2)c(I)c1)c1ccc([N+](=O)[O-])cc1. The molecule has 0 fully saturated rings. The second-order valence-corrected chi connectivity index (χ2v) is 8.99. The van der Waals surface area contributed by atoms with Gasteiger partial charge >= 0.3 is 0 Å². The number of benzene rings is 3. The molecular weight excluding hydrogens is 648 g/mol. The fraction of sp³-hybridized carbons (Fsp3) is 0.0476. The molecule has 3 rings (SSSR count). The number of carbonyl (C=O) groups is 1. The van der Waals surface area contributed by atoms with Crippen LogP contribution in [0.4, 0.5) is 5.69 Å². The molecule has 3 aromatic rings. The molecule has 1 amide bonds. The van der Waals surface area contributed by atoms with Crippen LogP contribution in [0.15, 0.2) is 65.8 Å². The van der Waals surface area contributed by atoms with Gasteiger partial charge in [0.1, 0.15) is 12.4 Å². The molecule has 0 aliphatic rings. The van der Waals surface area contributed by atoms with Crippen molar-refractivity contribution < 1.29 is 14.5 Å². The summed E-state index contributed by atoms with van der Waals surface area (Å²) in [7, 11) is 0. The van der Waals surface area contributed by atoms with E-state index >= 15 is 0 Å². The maximum absolute atomic E-state index is 12.1. The first kappa shape index (κ1) is 23.4. The highest BCUT2D eigenvalue weighted by Crippen LogP contribution is 2.29. The smallest absolute Gasteiger partial charge is 0.271 e. The highest BCUT2D eigenvalue weighted by molar-refractivity contribution is 14.1. The highest BCUT2D eigenvalue weighted by Gasteiger charge is 2.10. The summed E-state index contributed by atoms with van der Waals surface area (Å²) in [6, 6.07) is 16.5. The molecule has 0 aliphatic heterocycles. The Bertz CT molecular complexity index is 1110. The molecule has 0 atom stereocenters. The number of nitrogens with one attached hydrogen (secondary N) is 1. The third-order valence-electron chi connectivity index (χ3n) is 4.04. The molecule has 0 aromatic heterocycles. The number of non-ortho nitro benzene ring substituents is 1. The van der Waals surface area contributed by atoms with Crippen molar-refractivity contribution in [3.63, 3.8) is 0 Å². The van der Waals surface area contributed by atoms with E-state index in [2.05, 4.69) is 55.7 Å². The Balaban J connectivity index is 1.62. The molecule has 0 unspecified atom stereocenters. The van der Waals surface area contributed by atoms with Crippen LogP contribution in [0.1, 0.15) is 21.5 Å². The summed E-state index contributed by atoms with van der Waals surface area (Å²) in [6.45, 7) is 0.419. The number of amides is 1. The van der Waals surface area contributed by atoms with E-state index < -0.39 is 10.8 Å². The van der Waals surface area contributed by atoms with Gasteiger partial charge in [0.25, 0.3) is 11.6 Å². The summed E-state index contributed by atoms with van der Waals surface area (Å²) in [5.74, 6) is 0.307. The Labute approximate surface area is 210 Å². The average Bonchev–Trinajstić information content (AvgIpc) is 2.74. The van der Waals surface area contributed by atoms with Crippen LogP contribution < -0.4 is 10.2 Å². The maximum atomic E-state index is 12.1. The summed E-state index contributed by atoms with van der Waals surface area (Å²) < 4.78 is 7.76. The number of nitro groups is 1. The normalized spacial score (nSPS) is 10.8. The first-order valence-corrected chi connectivity index (χ1v) is 11.3. The van der Waals surface area contributed by atoms with Gasteiger partial charge in [-0.3, -0.25) is 14.9 Å². The molecule has 31 heavy (non-hydrogen) atoms. The molecule has 3 aromatic carbocycles. The zero-order valence-corrected chi connectivity index (χ0v) is 20.8. The third kappa shape index (κ3) is 6.61. The number of rotatable bonds is 7. The van der Waals surface area contributed by atoms with Gasteiger partial charge in [0.05, 0.1) is 18.3 Å². The van der Waals surface area contributed by atoms with Crippen molar-refractivity contribution in [3.05, 3.63) is 99.6 Å². The number of hydrogen-bond acceptors (Lipinski definition) is 5. The highest BCUT2D eigenvalue weighted by atomic mass is 127. The summed E-state index contributed by atoms with van der Waals surface area (Å²) in [5.41, 5.74) is 4.41. The van der Waals surface area contributed by atoms with Crippen LogP contribution in [-0.2, 0) is 6.61 Å². The van der Waals surface area contributed by atoms with Crippen LogP contribution in [0.25, 0.3) is 0 Å². The molecule has 0 aliphatic carbocycles. The van der Waals surface area contributed by atoms with Crippen LogP contribution in [0.3, 0.4) is 0 Å². The van der Waals surface area contributed by atoms with Crippen LogP contribution in [0, 0.1) is 17.3 Å². The third-order valence-corrected chi connectivity index (χ3v) is 5.89. The second kappa shape index (κ2) is 10.9. The number of nitrogens with zero attached hydrogens (tertiary/aromatic N) is 2. The molecule has 0 saturated carbocycles. The van der Waals surface area contributed by atoms with E-state index in [0.29, 0.717) is 11.6 Å². The lowest BCUT2D eigenvalue weighted by Gasteiger charge is -2.11. The number of hydrazone groups is 1. The van der Waals surface area contributed by atoms with Gasteiger partial charge in [-0.05, 0) is 92.7 Å². The van der Waals surface area contributed by atoms with Crippen molar-refractivity contribution in [2.75, 3.05) is 0 Å². The topological polar surface area (TPSA) is 93.8 Å². The molecule has 158 valence electrons. The number of carbonyl (C=O) groups excluding carboxylic acids is 1. The summed E-state index contributed by atoms with van der Waals surface area (Å²) in [4.78, 5) is 22.3. The first-order valence-electron chi connectivity index (χ1n) is 8.77. The van der Waals surface area contributed by atoms with Crippen molar-refractivity contribution in [1.29, 1.82) is 0 Å². The standard InChI is InChI=1S/C21H14ClI2N3O4/c22-16-5-1-13(2-6-16)12-31-20-18(23)9-14(10-19(20)24)11-25-26-21(28)15-3-7-17(8-4-15)27(29)30/h1-11H,12H2,(H,26,28). The Morgan fingerprint density at radius 1 is 1.10 bits per heavy atom. The molecule has 0 radical (unpaired) electrons. The minimum absolute atomic E-state index is 0.0810. The Hall–Kier alpha value is -2.25. The van der Waals surface area contributed by atoms with E-state index in [4.69, 9.17) is 16.3 Å². The predicted octanol–water partition coefficient (Wildman–Crippen LogP) is 5.80. The van der Waals surface area contributed by atoms with Crippen molar-refractivity contribution in [2.45, 2.75) is 6.61 Å². The van der Waals surface area contributed by atoms with Gasteiger partial charge in [-0.1, -0.05) is 23.7 Å². The van der Waals surface area contributed by atoms with Crippen LogP contribution >= 0.6 is 56.8 Å². The first-order chi connectivity index (χ1) is 14.8. The summed E-state index contributed by atoms with van der Waals surface area (Å²) in [6.07, 6.45) is 1.52. The minimum Gasteiger partial charge on any atom is -0.487 e. The van der Waals surface area contributed by atoms with Gasteiger partial charge in [0.15, 0.2) is 0 Å². The van der Waals surface area contributed by atoms with Crippen LogP contribution in [0.5, 0.6) is 5.75 Å². The summed E-state index contributed by atoms with van der Waals surface area (Å²) in [5, 5.41) is 15.3. The molecule has 10 heteroatoms. The predicted molar refractivity (Wildman–Crippen MR) is 136 cm³/mol. The van der Waals surface area contributed by atoms with E-state index in [1.54, 1.807) is 0 Å². The van der Waals surface area contributed by atoms with E-state index in [-0.39, 0.29) is 11.3 Å². The molecule has 0 spiro atoms. The lowest BCUT2D eigenvalue weighted by atomic mass is 10.2. The molecular formula is C21H14ClI2N3O4. The minimum atomic E-state index is -0.522. The number of nitro benzene ring substituents is 1. The van der Waals surface area contributed by atoms with Crippen molar-refractivity contribution in [3.8, 4) is 5.75 Å². The van der Waals surface area contributed by atoms with Gasteiger partial charge in [-0.25, -0.2) is 5.43 Å². The molecule has 7 nitrogen and oxygen atoms in total. The average molecular weight is 662 g/mol. The van der Waals surface area contributed by atoms with E-state index in [9.17, 15) is 14.9 Å². The Morgan fingerprint density at radius 3 is 2.29 bits per heavy atom. The largest absolute Gasteiger partial charge is 0.487 e. The van der Waals surface area contributed by atoms with Gasteiger partial charge in [0, 0.05) is 22.7 Å². The molecule has 0 bridgehead atoms. The molecule has 0 saturated heterocycles. The van der Waals surface area contributed by atoms with Gasteiger partial charge in [-0.15, -0.1) is 0 Å². The number of ether oxygens (including phenoxy) is 1. The van der Waals surface area contributed by atoms with Gasteiger partial charge in [0.2, 0.25) is 0 Å². The zero-order valence-electron chi connectivity index (χ0n) is 15.7. The van der Waals surface area contributed by atoms with Crippen LogP contribution in [0.2, 0.25) is 5.02 Å². The number of hydrogen-bond donors (Lipinski definition) is 1. The van der Waals surface area contributed by atoms with Crippen molar-refractivity contribution >= 4 is 74.6 Å². The van der Waals surface area contributed by atoms with E-state index in [1.165, 1.54) is 30.5 Å². The van der Waals surface area contributed by atoms with Gasteiger partial charge in [-0.2, -0.15) is 5.10 Å². The van der Waals surface area contributed by atoms with Crippen molar-refractivity contribution in [2.24, 2.45) is 5.10 Å². The molecule has 0 heterocycles. The monoisotopic (exact) mass is 661 g/mol. The number of halogens is 3. The summed E-state index contributed by atoms with van der Waals surface area (Å²) >= 11 is 10.3. The lowest BCUT2D eigenvalue weighted by molar-refractivity contribution is -0.384. The maximum Gasteiger partial charge on any atom is 0.271 e. The van der Waals surface area contributed by atoms with E-state index in [0.717, 1.165) is 24.0 Å². The zero-order chi connectivity index (χ0) is 22.4. The quantitative estimate of drug-likeness (QED) is 0.150. The fourth-order valence-corrected chi connectivity index (χ4v) is 4.75.